The highest BCUT2D eigenvalue weighted by Crippen LogP contribution is 2.34. The van der Waals surface area contributed by atoms with Crippen LogP contribution in [0.2, 0.25) is 0 Å². The molecule has 0 saturated heterocycles. The first-order valence-corrected chi connectivity index (χ1v) is 13.1. The normalized spacial score (nSPS) is 12.6. The number of halogens is 3. The van der Waals surface area contributed by atoms with Crippen LogP contribution >= 0.6 is 23.5 Å². The Morgan fingerprint density at radius 2 is 1.72 bits per heavy atom. The molecule has 0 bridgehead atoms. The molecule has 0 fully saturated rings. The molecule has 2 rings (SSSR count). The lowest BCUT2D eigenvalue weighted by molar-refractivity contribution is -0.144. The number of carbonyl (C=O) groups is 1. The van der Waals surface area contributed by atoms with E-state index in [1.807, 2.05) is 24.5 Å². The molecule has 0 radical (unpaired) electrons. The van der Waals surface area contributed by atoms with Crippen molar-refractivity contribution in [2.24, 2.45) is 5.92 Å². The largest absolute Gasteiger partial charge is 0.465 e. The molecule has 0 aromatic heterocycles. The Morgan fingerprint density at radius 1 is 1.03 bits per heavy atom. The smallest absolute Gasteiger partial charge is 0.416 e. The van der Waals surface area contributed by atoms with Gasteiger partial charge in [0.1, 0.15) is 0 Å². The van der Waals surface area contributed by atoms with Gasteiger partial charge >= 0.3 is 12.1 Å². The average Bonchev–Trinajstić information content (AvgIpc) is 2.78. The van der Waals surface area contributed by atoms with Crippen LogP contribution in [-0.2, 0) is 15.7 Å². The molecule has 0 aliphatic heterocycles. The second-order valence-corrected chi connectivity index (χ2v) is 9.72. The fourth-order valence-electron chi connectivity index (χ4n) is 3.22. The summed E-state index contributed by atoms with van der Waals surface area (Å²) in [6.45, 7) is 4.77. The van der Waals surface area contributed by atoms with Gasteiger partial charge in [0.05, 0.1) is 18.6 Å². The highest BCUT2D eigenvalue weighted by molar-refractivity contribution is 7.99. The Kier molecular flexibility index (Phi) is 11.0. The Bertz CT molecular complexity index is 851. The van der Waals surface area contributed by atoms with Crippen molar-refractivity contribution in [2.45, 2.75) is 61.9 Å². The van der Waals surface area contributed by atoms with Crippen LogP contribution in [0.1, 0.15) is 51.5 Å². The SMILES string of the molecule is CCCCC(CC)COC(=O)CCSc1cc(SC)cc(-c2ccc(C(F)(F)F)cc2)c1. The van der Waals surface area contributed by atoms with E-state index < -0.39 is 11.7 Å². The maximum atomic E-state index is 12.8. The van der Waals surface area contributed by atoms with Gasteiger partial charge in [0.25, 0.3) is 0 Å². The molecule has 1 unspecified atom stereocenters. The Balaban J connectivity index is 1.95. The molecule has 0 aliphatic rings. The Labute approximate surface area is 197 Å². The van der Waals surface area contributed by atoms with E-state index >= 15 is 0 Å². The molecule has 2 nitrogen and oxygen atoms in total. The van der Waals surface area contributed by atoms with Gasteiger partial charge in [-0.25, -0.2) is 0 Å². The molecule has 0 saturated carbocycles. The van der Waals surface area contributed by atoms with Gasteiger partial charge in [-0.2, -0.15) is 13.2 Å². The van der Waals surface area contributed by atoms with E-state index in [0.717, 1.165) is 58.7 Å². The monoisotopic (exact) mass is 484 g/mol. The topological polar surface area (TPSA) is 26.3 Å². The zero-order chi connectivity index (χ0) is 23.6. The number of carbonyl (C=O) groups excluding carboxylic acids is 1. The molecular formula is C25H31F3O2S2. The zero-order valence-electron chi connectivity index (χ0n) is 18.8. The van der Waals surface area contributed by atoms with Crippen LogP contribution in [0.3, 0.4) is 0 Å². The number of hydrogen-bond acceptors (Lipinski definition) is 4. The first kappa shape index (κ1) is 26.7. The molecule has 0 heterocycles. The van der Waals surface area contributed by atoms with Crippen LogP contribution in [0.25, 0.3) is 11.1 Å². The number of alkyl halides is 3. The van der Waals surface area contributed by atoms with E-state index in [0.29, 0.717) is 24.7 Å². The van der Waals surface area contributed by atoms with E-state index in [1.165, 1.54) is 12.1 Å². The van der Waals surface area contributed by atoms with Gasteiger partial charge in [-0.05, 0) is 60.1 Å². The summed E-state index contributed by atoms with van der Waals surface area (Å²) in [6.07, 6.45) is 2.33. The van der Waals surface area contributed by atoms with Crippen LogP contribution in [0.4, 0.5) is 13.2 Å². The van der Waals surface area contributed by atoms with Crippen molar-refractivity contribution in [3.63, 3.8) is 0 Å². The van der Waals surface area contributed by atoms with Crippen molar-refractivity contribution in [1.29, 1.82) is 0 Å². The van der Waals surface area contributed by atoms with Gasteiger partial charge in [0, 0.05) is 15.5 Å². The standard InChI is InChI=1S/C25H31F3O2S2/c1-4-6-7-18(5-2)17-30-24(29)12-13-32-23-15-20(14-22(16-23)31-3)19-8-10-21(11-9-19)25(26,27)28/h8-11,14-16,18H,4-7,12-13,17H2,1-3H3. The third-order valence-corrected chi connectivity index (χ3v) is 6.94. The highest BCUT2D eigenvalue weighted by atomic mass is 32.2. The fourth-order valence-corrected chi connectivity index (χ4v) is 4.71. The van der Waals surface area contributed by atoms with Gasteiger partial charge in [-0.1, -0.05) is 45.2 Å². The molecule has 2 aromatic rings. The number of benzene rings is 2. The lowest BCUT2D eigenvalue weighted by atomic mass is 10.0. The predicted molar refractivity (Wildman–Crippen MR) is 128 cm³/mol. The van der Waals surface area contributed by atoms with Gasteiger partial charge < -0.3 is 4.74 Å². The summed E-state index contributed by atoms with van der Waals surface area (Å²) in [5.41, 5.74) is 0.931. The first-order valence-electron chi connectivity index (χ1n) is 10.9. The predicted octanol–water partition coefficient (Wildman–Crippen LogP) is 8.34. The summed E-state index contributed by atoms with van der Waals surface area (Å²) in [5.74, 6) is 0.835. The van der Waals surface area contributed by atoms with E-state index in [2.05, 4.69) is 13.8 Å². The molecule has 0 N–H and O–H groups in total. The minimum absolute atomic E-state index is 0.184. The van der Waals surface area contributed by atoms with Crippen molar-refractivity contribution in [3.05, 3.63) is 48.0 Å². The minimum Gasteiger partial charge on any atom is -0.465 e. The molecule has 32 heavy (non-hydrogen) atoms. The van der Waals surface area contributed by atoms with E-state index in [9.17, 15) is 18.0 Å². The summed E-state index contributed by atoms with van der Waals surface area (Å²) in [5, 5.41) is 0. The number of thioether (sulfide) groups is 2. The molecule has 0 amide bonds. The van der Waals surface area contributed by atoms with E-state index in [1.54, 1.807) is 23.5 Å². The fraction of sp³-hybridized carbons (Fsp3) is 0.480. The quantitative estimate of drug-likeness (QED) is 0.223. The maximum Gasteiger partial charge on any atom is 0.416 e. The number of rotatable bonds is 12. The van der Waals surface area contributed by atoms with Crippen LogP contribution in [0.5, 0.6) is 0 Å². The lowest BCUT2D eigenvalue weighted by Gasteiger charge is -2.14. The van der Waals surface area contributed by atoms with Gasteiger partial charge in [0.2, 0.25) is 0 Å². The Morgan fingerprint density at radius 3 is 2.31 bits per heavy atom. The molecule has 0 spiro atoms. The Hall–Kier alpha value is -1.60. The van der Waals surface area contributed by atoms with Gasteiger partial charge in [-0.15, -0.1) is 23.5 Å². The summed E-state index contributed by atoms with van der Waals surface area (Å²) >= 11 is 3.13. The maximum absolute atomic E-state index is 12.8. The second kappa shape index (κ2) is 13.2. The van der Waals surface area contributed by atoms with E-state index in [-0.39, 0.29) is 5.97 Å². The van der Waals surface area contributed by atoms with Crippen molar-refractivity contribution < 1.29 is 22.7 Å². The van der Waals surface area contributed by atoms with Crippen molar-refractivity contribution in [2.75, 3.05) is 18.6 Å². The van der Waals surface area contributed by atoms with Gasteiger partial charge in [0.15, 0.2) is 0 Å². The summed E-state index contributed by atoms with van der Waals surface area (Å²) in [6, 6.07) is 11.2. The summed E-state index contributed by atoms with van der Waals surface area (Å²) in [7, 11) is 0. The van der Waals surface area contributed by atoms with Crippen molar-refractivity contribution in [1.82, 2.24) is 0 Å². The minimum atomic E-state index is -4.34. The van der Waals surface area contributed by atoms with Crippen LogP contribution in [0.15, 0.2) is 52.3 Å². The average molecular weight is 485 g/mol. The van der Waals surface area contributed by atoms with Crippen LogP contribution in [0, 0.1) is 5.92 Å². The number of unbranched alkanes of at least 4 members (excludes halogenated alkanes) is 1. The van der Waals surface area contributed by atoms with Gasteiger partial charge in [-0.3, -0.25) is 4.79 Å². The van der Waals surface area contributed by atoms with Crippen LogP contribution in [-0.4, -0.2) is 24.6 Å². The molecule has 1 atom stereocenters. The number of esters is 1. The zero-order valence-corrected chi connectivity index (χ0v) is 20.5. The molecule has 2 aromatic carbocycles. The first-order chi connectivity index (χ1) is 15.3. The van der Waals surface area contributed by atoms with Crippen molar-refractivity contribution >= 4 is 29.5 Å². The molecular weight excluding hydrogens is 453 g/mol. The molecule has 0 aliphatic carbocycles. The third kappa shape index (κ3) is 8.74. The summed E-state index contributed by atoms with van der Waals surface area (Å²) in [4.78, 5) is 14.1. The number of ether oxygens (including phenoxy) is 1. The van der Waals surface area contributed by atoms with Crippen molar-refractivity contribution in [3.8, 4) is 11.1 Å². The molecule has 7 heteroatoms. The summed E-state index contributed by atoms with van der Waals surface area (Å²) < 4.78 is 44.0. The highest BCUT2D eigenvalue weighted by Gasteiger charge is 2.30. The third-order valence-electron chi connectivity index (χ3n) is 5.26. The molecule has 176 valence electrons. The lowest BCUT2D eigenvalue weighted by Crippen LogP contribution is -2.14. The van der Waals surface area contributed by atoms with E-state index in [4.69, 9.17) is 4.74 Å². The van der Waals surface area contributed by atoms with Crippen LogP contribution < -0.4 is 0 Å². The number of hydrogen-bond donors (Lipinski definition) is 0. The second-order valence-electron chi connectivity index (χ2n) is 7.67.